The van der Waals surface area contributed by atoms with E-state index in [1.165, 1.54) is 45.9 Å². The average molecular weight is 827 g/mol. The molecule has 0 amide bonds. The summed E-state index contributed by atoms with van der Waals surface area (Å²) in [7, 11) is 0. The molecule has 292 valence electrons. The van der Waals surface area contributed by atoms with Crippen LogP contribution in [0.15, 0.2) is 36.4 Å². The van der Waals surface area contributed by atoms with E-state index in [0.29, 0.717) is 29.6 Å². The zero-order chi connectivity index (χ0) is 40.7. The van der Waals surface area contributed by atoms with Crippen molar-refractivity contribution in [1.29, 1.82) is 0 Å². The standard InChI is InChI=1S/C37H40F2O11S4/c1-19(40)9-24(15-51)35(47)53-17-26(11-21(3)42)34(46)50-32-8-5-23(29-7-6-28(38)14-31(29)39)13-30(32)37(49)54-18-27(12-22(4)43)36(48)52-16-25(33(44)45)10-20(2)41/h5-8,13-14,24-27,51H,9-12,15-18H2,1-4H3,(H,44,45). The summed E-state index contributed by atoms with van der Waals surface area (Å²) in [6, 6.07) is 6.50. The van der Waals surface area contributed by atoms with E-state index in [1.54, 1.807) is 0 Å². The molecule has 0 radical (unpaired) electrons. The molecule has 0 bridgehead atoms. The first-order chi connectivity index (χ1) is 25.3. The second-order valence-electron chi connectivity index (χ2n) is 12.5. The second-order valence-corrected chi connectivity index (χ2v) is 16.0. The Morgan fingerprint density at radius 2 is 1.17 bits per heavy atom. The van der Waals surface area contributed by atoms with Crippen molar-refractivity contribution >= 4 is 98.3 Å². The minimum atomic E-state index is -1.27. The van der Waals surface area contributed by atoms with Gasteiger partial charge in [-0.05, 0) is 57.5 Å². The van der Waals surface area contributed by atoms with Crippen molar-refractivity contribution < 1.29 is 61.8 Å². The number of carboxylic acid groups (broad SMARTS) is 1. The number of rotatable bonds is 22. The first kappa shape index (κ1) is 46.5. The summed E-state index contributed by atoms with van der Waals surface area (Å²) in [5, 5.41) is 7.66. The second kappa shape index (κ2) is 22.6. The zero-order valence-corrected chi connectivity index (χ0v) is 33.2. The number of carbonyl (C=O) groups is 9. The van der Waals surface area contributed by atoms with Gasteiger partial charge in [0.2, 0.25) is 5.12 Å². The van der Waals surface area contributed by atoms with Gasteiger partial charge in [0.25, 0.3) is 0 Å². The van der Waals surface area contributed by atoms with E-state index in [2.05, 4.69) is 12.6 Å². The van der Waals surface area contributed by atoms with Crippen LogP contribution in [-0.4, -0.2) is 78.5 Å². The van der Waals surface area contributed by atoms with Crippen molar-refractivity contribution in [3.63, 3.8) is 0 Å². The van der Waals surface area contributed by atoms with Crippen LogP contribution in [0.1, 0.15) is 63.7 Å². The summed E-state index contributed by atoms with van der Waals surface area (Å²) in [6.07, 6.45) is -0.967. The molecule has 0 heterocycles. The highest BCUT2D eigenvalue weighted by molar-refractivity contribution is 8.15. The van der Waals surface area contributed by atoms with Crippen LogP contribution in [0.5, 0.6) is 5.75 Å². The maximum Gasteiger partial charge on any atom is 0.315 e. The van der Waals surface area contributed by atoms with Crippen molar-refractivity contribution in [2.75, 3.05) is 23.0 Å². The number of benzene rings is 2. The lowest BCUT2D eigenvalue weighted by Crippen LogP contribution is -2.27. The smallest absolute Gasteiger partial charge is 0.315 e. The summed E-state index contributed by atoms with van der Waals surface area (Å²) < 4.78 is 34.1. The van der Waals surface area contributed by atoms with Crippen molar-refractivity contribution in [2.24, 2.45) is 23.7 Å². The third-order valence-corrected chi connectivity index (χ3v) is 11.5. The van der Waals surface area contributed by atoms with Crippen LogP contribution in [0.4, 0.5) is 8.78 Å². The predicted octanol–water partition coefficient (Wildman–Crippen LogP) is 6.33. The molecule has 11 nitrogen and oxygen atoms in total. The lowest BCUT2D eigenvalue weighted by Gasteiger charge is -2.18. The van der Waals surface area contributed by atoms with E-state index < -0.39 is 74.2 Å². The molecule has 1 N–H and O–H groups in total. The van der Waals surface area contributed by atoms with Crippen LogP contribution in [0, 0.1) is 35.3 Å². The van der Waals surface area contributed by atoms with Crippen molar-refractivity contribution in [2.45, 2.75) is 53.4 Å². The maximum absolute atomic E-state index is 14.8. The molecule has 0 saturated carbocycles. The molecule has 0 aliphatic heterocycles. The molecule has 4 atom stereocenters. The van der Waals surface area contributed by atoms with Crippen molar-refractivity contribution in [1.82, 2.24) is 0 Å². The number of ether oxygens (including phenoxy) is 1. The molecule has 54 heavy (non-hydrogen) atoms. The molecule has 0 fully saturated rings. The van der Waals surface area contributed by atoms with Gasteiger partial charge < -0.3 is 29.0 Å². The van der Waals surface area contributed by atoms with Crippen molar-refractivity contribution in [3.05, 3.63) is 53.6 Å². The Morgan fingerprint density at radius 1 is 0.667 bits per heavy atom. The van der Waals surface area contributed by atoms with Crippen molar-refractivity contribution in [3.8, 4) is 16.9 Å². The lowest BCUT2D eigenvalue weighted by molar-refractivity contribution is -0.142. The molecule has 17 heteroatoms. The van der Waals surface area contributed by atoms with Gasteiger partial charge in [-0.3, -0.25) is 24.0 Å². The number of halogens is 2. The number of carboxylic acids is 1. The lowest BCUT2D eigenvalue weighted by atomic mass is 10.0. The summed E-state index contributed by atoms with van der Waals surface area (Å²) in [4.78, 5) is 112. The Bertz CT molecular complexity index is 1780. The number of hydrogen-bond donors (Lipinski definition) is 2. The first-order valence-corrected chi connectivity index (χ1v) is 20.0. The molecule has 2 aromatic carbocycles. The normalized spacial score (nSPS) is 13.2. The van der Waals surface area contributed by atoms with Gasteiger partial charge in [-0.15, -0.1) is 0 Å². The SMILES string of the molecule is CC(=O)CC(CSC(=O)C(CSC(=O)c1cc(-c2ccc(F)cc2F)ccc1OC(=O)C(CSC(=O)C(CS)CC(C)=O)CC(C)=O)CC(C)=O)C(=O)O. The minimum Gasteiger partial charge on any atom is -0.481 e. The average Bonchev–Trinajstić information content (AvgIpc) is 3.08. The monoisotopic (exact) mass is 826 g/mol. The van der Waals surface area contributed by atoms with E-state index in [4.69, 9.17) is 4.74 Å². The fraction of sp³-hybridized carbons (Fsp3) is 0.432. The molecule has 0 aromatic heterocycles. The van der Waals surface area contributed by atoms with Gasteiger partial charge in [-0.25, -0.2) is 8.78 Å². The fourth-order valence-electron chi connectivity index (χ4n) is 4.97. The Hall–Kier alpha value is -3.67. The van der Waals surface area contributed by atoms with Gasteiger partial charge in [0.05, 0.1) is 17.4 Å². The van der Waals surface area contributed by atoms with E-state index in [-0.39, 0.29) is 82.7 Å². The molecule has 0 saturated heterocycles. The quantitative estimate of drug-likeness (QED) is 0.0763. The summed E-state index contributed by atoms with van der Waals surface area (Å²) in [6.45, 7) is 5.01. The van der Waals surface area contributed by atoms with Crippen LogP contribution < -0.4 is 4.74 Å². The summed E-state index contributed by atoms with van der Waals surface area (Å²) >= 11 is 6.06. The van der Waals surface area contributed by atoms with Gasteiger partial charge in [0.15, 0.2) is 10.2 Å². The number of aliphatic carboxylic acids is 1. The minimum absolute atomic E-state index is 0.0540. The number of thiol groups is 1. The van der Waals surface area contributed by atoms with Crippen LogP contribution >= 0.6 is 47.9 Å². The Morgan fingerprint density at radius 3 is 1.70 bits per heavy atom. The third-order valence-electron chi connectivity index (χ3n) is 7.63. The number of ketones is 4. The zero-order valence-electron chi connectivity index (χ0n) is 29.9. The molecule has 0 aliphatic carbocycles. The van der Waals surface area contributed by atoms with E-state index in [9.17, 15) is 57.0 Å². The van der Waals surface area contributed by atoms with E-state index in [0.717, 1.165) is 23.9 Å². The van der Waals surface area contributed by atoms with Crippen LogP contribution in [0.25, 0.3) is 11.1 Å². The summed E-state index contributed by atoms with van der Waals surface area (Å²) in [5.74, 6) is -10.5. The van der Waals surface area contributed by atoms with Crippen LogP contribution in [0.2, 0.25) is 0 Å². The number of thioether (sulfide) groups is 3. The molecule has 2 rings (SSSR count). The number of hydrogen-bond acceptors (Lipinski definition) is 14. The highest BCUT2D eigenvalue weighted by Crippen LogP contribution is 2.34. The molecular formula is C37H40F2O11S4. The highest BCUT2D eigenvalue weighted by atomic mass is 32.2. The number of Topliss-reactive ketones (excluding diaryl/α,β-unsaturated/α-hetero) is 4. The molecular weight excluding hydrogens is 787 g/mol. The Kier molecular flexibility index (Phi) is 19.5. The molecule has 0 spiro atoms. The first-order valence-electron chi connectivity index (χ1n) is 16.5. The van der Waals surface area contributed by atoms with E-state index >= 15 is 0 Å². The molecule has 4 unspecified atom stereocenters. The predicted molar refractivity (Wildman–Crippen MR) is 206 cm³/mol. The Balaban J connectivity index is 2.43. The number of carbonyl (C=O) groups excluding carboxylic acids is 8. The third kappa shape index (κ3) is 15.6. The van der Waals surface area contributed by atoms with E-state index in [1.807, 2.05) is 0 Å². The maximum atomic E-state index is 14.8. The van der Waals surface area contributed by atoms with Gasteiger partial charge in [0.1, 0.15) is 40.5 Å². The van der Waals surface area contributed by atoms with Crippen LogP contribution in [0.3, 0.4) is 0 Å². The largest absolute Gasteiger partial charge is 0.481 e. The summed E-state index contributed by atoms with van der Waals surface area (Å²) in [5.41, 5.74) is -0.273. The van der Waals surface area contributed by atoms with Gasteiger partial charge in [-0.2, -0.15) is 12.6 Å². The van der Waals surface area contributed by atoms with Gasteiger partial charge in [0, 0.05) is 72.2 Å². The van der Waals surface area contributed by atoms with Gasteiger partial charge >= 0.3 is 11.9 Å². The fourth-order valence-corrected chi connectivity index (χ4v) is 8.48. The topological polar surface area (TPSA) is 183 Å². The van der Waals surface area contributed by atoms with Gasteiger partial charge in [-0.1, -0.05) is 41.4 Å². The number of esters is 1. The molecule has 2 aromatic rings. The Labute approximate surface area is 329 Å². The highest BCUT2D eigenvalue weighted by Gasteiger charge is 2.30. The molecule has 0 aliphatic rings. The van der Waals surface area contributed by atoms with Crippen LogP contribution in [-0.2, 0) is 38.4 Å².